The Morgan fingerprint density at radius 3 is 2.25 bits per heavy atom. The van der Waals surface area contributed by atoms with Crippen LogP contribution in [-0.2, 0) is 20.7 Å². The molecule has 0 aliphatic rings. The van der Waals surface area contributed by atoms with Crippen molar-refractivity contribution in [2.24, 2.45) is 14.1 Å². The van der Waals surface area contributed by atoms with Gasteiger partial charge in [-0.3, -0.25) is 4.68 Å². The minimum Gasteiger partial charge on any atom is -0.543 e. The fourth-order valence-electron chi connectivity index (χ4n) is 4.33. The summed E-state index contributed by atoms with van der Waals surface area (Å²) in [6.45, 7) is 11.9. The maximum Gasteiger partial charge on any atom is 0.250 e. The molecule has 0 amide bonds. The highest BCUT2D eigenvalue weighted by Gasteiger charge is 2.39. The van der Waals surface area contributed by atoms with Gasteiger partial charge in [0.15, 0.2) is 0 Å². The number of aryl methyl sites for hydroxylation is 2. The van der Waals surface area contributed by atoms with Crippen molar-refractivity contribution >= 4 is 30.1 Å². The van der Waals surface area contributed by atoms with Gasteiger partial charge < -0.3 is 13.7 Å². The number of ether oxygens (including phenoxy) is 1. The first-order valence-electron chi connectivity index (χ1n) is 12.5. The van der Waals surface area contributed by atoms with Crippen molar-refractivity contribution in [2.75, 3.05) is 0 Å². The summed E-state index contributed by atoms with van der Waals surface area (Å²) in [5, 5.41) is 7.28. The molecule has 0 radical (unpaired) electrons. The van der Waals surface area contributed by atoms with Gasteiger partial charge in [-0.2, -0.15) is 5.10 Å². The Bertz CT molecular complexity index is 1540. The first kappa shape index (κ1) is 24.2. The molecule has 0 fully saturated rings. The van der Waals surface area contributed by atoms with E-state index in [2.05, 4.69) is 94.0 Å². The maximum atomic E-state index is 6.58. The van der Waals surface area contributed by atoms with Crippen LogP contribution in [0.3, 0.4) is 0 Å². The smallest absolute Gasteiger partial charge is 0.250 e. The summed E-state index contributed by atoms with van der Waals surface area (Å²) in [7, 11) is 2.18. The summed E-state index contributed by atoms with van der Waals surface area (Å²) >= 11 is 0. The zero-order valence-corrected chi connectivity index (χ0v) is 23.3. The van der Waals surface area contributed by atoms with Gasteiger partial charge >= 0.3 is 0 Å². The third kappa shape index (κ3) is 4.41. The van der Waals surface area contributed by atoms with Crippen molar-refractivity contribution in [3.05, 3.63) is 78.4 Å². The predicted octanol–water partition coefficient (Wildman–Crippen LogP) is 7.70. The molecule has 0 N–H and O–H groups in total. The van der Waals surface area contributed by atoms with E-state index in [4.69, 9.17) is 14.3 Å². The predicted molar refractivity (Wildman–Crippen MR) is 151 cm³/mol. The first-order chi connectivity index (χ1) is 17.0. The van der Waals surface area contributed by atoms with Crippen LogP contribution < -0.4 is 9.16 Å². The molecule has 2 heterocycles. The van der Waals surface area contributed by atoms with Gasteiger partial charge in [-0.15, -0.1) is 0 Å². The molecule has 0 atom stereocenters. The van der Waals surface area contributed by atoms with Gasteiger partial charge in [0.05, 0.1) is 11.2 Å². The van der Waals surface area contributed by atoms with E-state index in [-0.39, 0.29) is 5.04 Å². The maximum absolute atomic E-state index is 6.58. The fourth-order valence-corrected chi connectivity index (χ4v) is 5.35. The van der Waals surface area contributed by atoms with Crippen LogP contribution in [0.2, 0.25) is 18.1 Å². The molecule has 0 unspecified atom stereocenters. The minimum atomic E-state index is -1.91. The lowest BCUT2D eigenvalue weighted by molar-refractivity contribution is 0.306. The molecule has 0 saturated carbocycles. The number of nitrogens with zero attached hydrogens (tertiary/aromatic N) is 3. The van der Waals surface area contributed by atoms with Crippen molar-refractivity contribution in [2.45, 2.75) is 45.5 Å². The van der Waals surface area contributed by atoms with Gasteiger partial charge in [-0.25, -0.2) is 0 Å². The summed E-state index contributed by atoms with van der Waals surface area (Å²) < 4.78 is 16.9. The summed E-state index contributed by atoms with van der Waals surface area (Å²) in [6, 6.07) is 25.1. The Morgan fingerprint density at radius 2 is 1.53 bits per heavy atom. The van der Waals surface area contributed by atoms with E-state index in [1.807, 2.05) is 36.0 Å². The molecule has 6 heteroatoms. The van der Waals surface area contributed by atoms with E-state index in [1.165, 1.54) is 0 Å². The van der Waals surface area contributed by atoms with E-state index in [0.717, 1.165) is 50.3 Å². The van der Waals surface area contributed by atoms with Crippen LogP contribution in [0.1, 0.15) is 26.3 Å². The zero-order valence-electron chi connectivity index (χ0n) is 22.3. The second kappa shape index (κ2) is 8.86. The van der Waals surface area contributed by atoms with E-state index >= 15 is 0 Å². The third-order valence-corrected chi connectivity index (χ3v) is 11.9. The Morgan fingerprint density at radius 1 is 0.833 bits per heavy atom. The molecular formula is C30H35N3O2Si. The molecule has 0 bridgehead atoms. The van der Waals surface area contributed by atoms with Crippen LogP contribution in [0.4, 0.5) is 0 Å². The minimum absolute atomic E-state index is 0.150. The molecule has 2 aromatic heterocycles. The Balaban J connectivity index is 1.51. The van der Waals surface area contributed by atoms with Crippen LogP contribution in [0, 0.1) is 0 Å². The van der Waals surface area contributed by atoms with Crippen LogP contribution >= 0.6 is 0 Å². The Hall–Kier alpha value is -3.51. The Kier molecular flexibility index (Phi) is 5.95. The Labute approximate surface area is 214 Å². The molecule has 186 valence electrons. The summed E-state index contributed by atoms with van der Waals surface area (Å²) in [4.78, 5) is 0. The van der Waals surface area contributed by atoms with Crippen LogP contribution in [0.15, 0.2) is 72.8 Å². The molecular weight excluding hydrogens is 462 g/mol. The molecule has 5 nitrogen and oxygen atoms in total. The number of aromatic nitrogens is 3. The van der Waals surface area contributed by atoms with E-state index in [0.29, 0.717) is 6.61 Å². The van der Waals surface area contributed by atoms with Gasteiger partial charge in [0.1, 0.15) is 23.8 Å². The van der Waals surface area contributed by atoms with Gasteiger partial charge in [0, 0.05) is 30.4 Å². The quantitative estimate of drug-likeness (QED) is 0.226. The van der Waals surface area contributed by atoms with Gasteiger partial charge in [0.2, 0.25) is 8.32 Å². The lowest BCUT2D eigenvalue weighted by Crippen LogP contribution is -2.43. The molecule has 5 rings (SSSR count). The highest BCUT2D eigenvalue weighted by atomic mass is 28.4. The van der Waals surface area contributed by atoms with Crippen LogP contribution in [-0.4, -0.2) is 22.7 Å². The van der Waals surface area contributed by atoms with Crippen LogP contribution in [0.5, 0.6) is 11.5 Å². The average molecular weight is 498 g/mol. The highest BCUT2D eigenvalue weighted by molar-refractivity contribution is 6.74. The van der Waals surface area contributed by atoms with E-state index in [1.54, 1.807) is 0 Å². The monoisotopic (exact) mass is 497 g/mol. The van der Waals surface area contributed by atoms with Crippen molar-refractivity contribution in [1.82, 2.24) is 14.3 Å². The first-order valence-corrected chi connectivity index (χ1v) is 15.4. The van der Waals surface area contributed by atoms with E-state index in [9.17, 15) is 0 Å². The average Bonchev–Trinajstić information content (AvgIpc) is 3.33. The SMILES string of the molecule is Cn1nc(-c2cc3cc(O[Si](C)(C)C(C)(C)C)ccc3n2C)c2cc(OCc3ccccc3)ccc21. The molecule has 0 aliphatic carbocycles. The summed E-state index contributed by atoms with van der Waals surface area (Å²) in [5.74, 6) is 1.78. The number of rotatable bonds is 6. The highest BCUT2D eigenvalue weighted by Crippen LogP contribution is 2.39. The second-order valence-electron chi connectivity index (χ2n) is 11.1. The number of hydrogen-bond acceptors (Lipinski definition) is 3. The van der Waals surface area contributed by atoms with Crippen LogP contribution in [0.25, 0.3) is 33.2 Å². The van der Waals surface area contributed by atoms with Crippen molar-refractivity contribution in [3.8, 4) is 22.9 Å². The van der Waals surface area contributed by atoms with Crippen molar-refractivity contribution in [3.63, 3.8) is 0 Å². The number of hydrogen-bond donors (Lipinski definition) is 0. The molecule has 0 spiro atoms. The standard InChI is InChI=1S/C30H35N3O2Si/c1-30(2,3)36(6,7)35-24-14-15-26-22(17-24)18-28(32(26)4)29-25-19-23(13-16-27(25)33(5)31-29)34-20-21-11-9-8-10-12-21/h8-19H,20H2,1-7H3. The molecule has 36 heavy (non-hydrogen) atoms. The summed E-state index contributed by atoms with van der Waals surface area (Å²) in [5.41, 5.74) is 5.39. The molecule has 3 aromatic carbocycles. The fraction of sp³-hybridized carbons (Fsp3) is 0.300. The number of fused-ring (bicyclic) bond motifs is 2. The molecule has 0 saturated heterocycles. The lowest BCUT2D eigenvalue weighted by Gasteiger charge is -2.36. The van der Waals surface area contributed by atoms with Gasteiger partial charge in [0.25, 0.3) is 0 Å². The lowest BCUT2D eigenvalue weighted by atomic mass is 10.1. The van der Waals surface area contributed by atoms with E-state index < -0.39 is 8.32 Å². The normalized spacial score (nSPS) is 12.4. The van der Waals surface area contributed by atoms with Gasteiger partial charge in [-0.1, -0.05) is 51.1 Å². The topological polar surface area (TPSA) is 41.2 Å². The largest absolute Gasteiger partial charge is 0.543 e. The zero-order chi connectivity index (χ0) is 25.7. The third-order valence-electron chi connectivity index (χ3n) is 7.51. The summed E-state index contributed by atoms with van der Waals surface area (Å²) in [6.07, 6.45) is 0. The number of benzene rings is 3. The van der Waals surface area contributed by atoms with Gasteiger partial charge in [-0.05, 0) is 66.2 Å². The van der Waals surface area contributed by atoms with Crippen molar-refractivity contribution in [1.29, 1.82) is 0 Å². The molecule has 5 aromatic rings. The second-order valence-corrected chi connectivity index (χ2v) is 15.8. The molecule has 0 aliphatic heterocycles. The van der Waals surface area contributed by atoms with Crippen molar-refractivity contribution < 1.29 is 9.16 Å².